The molecule has 1 unspecified atom stereocenters. The highest BCUT2D eigenvalue weighted by Gasteiger charge is 2.29. The summed E-state index contributed by atoms with van der Waals surface area (Å²) < 4.78 is 5.17. The van der Waals surface area contributed by atoms with E-state index < -0.39 is 11.0 Å². The molecule has 1 amide bonds. The molecule has 1 saturated carbocycles. The summed E-state index contributed by atoms with van der Waals surface area (Å²) in [6.45, 7) is -0.0274. The molecule has 1 fully saturated rings. The summed E-state index contributed by atoms with van der Waals surface area (Å²) in [6.07, 6.45) is 1.50. The number of hydrogen-bond donors (Lipinski definition) is 2. The number of nitrogens with zero attached hydrogens (tertiary/aromatic N) is 1. The van der Waals surface area contributed by atoms with Gasteiger partial charge in [0.25, 0.3) is 11.6 Å². The van der Waals surface area contributed by atoms with Gasteiger partial charge in [-0.15, -0.1) is 0 Å². The zero-order valence-corrected chi connectivity index (χ0v) is 10.8. The molecule has 0 aliphatic heterocycles. The van der Waals surface area contributed by atoms with Crippen LogP contribution in [0.1, 0.15) is 12.8 Å². The highest BCUT2D eigenvalue weighted by atomic mass is 16.6. The minimum atomic E-state index is -0.529. The fourth-order valence-electron chi connectivity index (χ4n) is 1.75. The summed E-state index contributed by atoms with van der Waals surface area (Å²) in [6, 6.07) is 5.63. The lowest BCUT2D eigenvalue weighted by molar-refractivity contribution is -0.384. The number of nitro benzene ring substituents is 1. The predicted octanol–water partition coefficient (Wildman–Crippen LogP) is 0.861. The van der Waals surface area contributed by atoms with E-state index in [1.165, 1.54) is 18.2 Å². The molecule has 0 heterocycles. The summed E-state index contributed by atoms with van der Waals surface area (Å²) in [7, 11) is 0. The lowest BCUT2D eigenvalue weighted by Gasteiger charge is -2.11. The van der Waals surface area contributed by atoms with Crippen molar-refractivity contribution in [2.75, 3.05) is 13.2 Å². The van der Waals surface area contributed by atoms with Gasteiger partial charge in [-0.25, -0.2) is 0 Å². The number of aliphatic hydroxyl groups is 1. The number of rotatable bonds is 7. The Balaban J connectivity index is 1.74. The van der Waals surface area contributed by atoms with Gasteiger partial charge in [-0.3, -0.25) is 14.9 Å². The van der Waals surface area contributed by atoms with E-state index in [2.05, 4.69) is 5.32 Å². The SMILES string of the molecule is O=C(COc1cccc([N+](=O)[O-])c1)NCC(O)C1CC1. The Hall–Kier alpha value is -2.15. The van der Waals surface area contributed by atoms with Gasteiger partial charge in [0, 0.05) is 12.6 Å². The lowest BCUT2D eigenvalue weighted by Crippen LogP contribution is -2.36. The molecule has 7 heteroatoms. The maximum absolute atomic E-state index is 11.5. The summed E-state index contributed by atoms with van der Waals surface area (Å²) in [4.78, 5) is 21.6. The van der Waals surface area contributed by atoms with Crippen LogP contribution in [0.2, 0.25) is 0 Å². The average molecular weight is 280 g/mol. The van der Waals surface area contributed by atoms with Crippen molar-refractivity contribution in [2.24, 2.45) is 5.92 Å². The molecule has 0 aromatic heterocycles. The predicted molar refractivity (Wildman–Crippen MR) is 70.3 cm³/mol. The van der Waals surface area contributed by atoms with E-state index in [-0.39, 0.29) is 30.5 Å². The highest BCUT2D eigenvalue weighted by molar-refractivity contribution is 5.77. The van der Waals surface area contributed by atoms with E-state index in [9.17, 15) is 20.0 Å². The van der Waals surface area contributed by atoms with Crippen molar-refractivity contribution in [1.82, 2.24) is 5.32 Å². The van der Waals surface area contributed by atoms with Crippen LogP contribution in [0.15, 0.2) is 24.3 Å². The van der Waals surface area contributed by atoms with E-state index in [1.54, 1.807) is 6.07 Å². The fraction of sp³-hybridized carbons (Fsp3) is 0.462. The van der Waals surface area contributed by atoms with E-state index in [1.807, 2.05) is 0 Å². The Labute approximate surface area is 115 Å². The van der Waals surface area contributed by atoms with Crippen LogP contribution in [0.5, 0.6) is 5.75 Å². The van der Waals surface area contributed by atoms with Gasteiger partial charge < -0.3 is 15.2 Å². The third-order valence-corrected chi connectivity index (χ3v) is 3.07. The Morgan fingerprint density at radius 3 is 2.95 bits per heavy atom. The first-order valence-electron chi connectivity index (χ1n) is 6.38. The Morgan fingerprint density at radius 1 is 1.55 bits per heavy atom. The number of carbonyl (C=O) groups is 1. The van der Waals surface area contributed by atoms with Crippen molar-refractivity contribution >= 4 is 11.6 Å². The van der Waals surface area contributed by atoms with Gasteiger partial charge >= 0.3 is 0 Å². The van der Waals surface area contributed by atoms with Crippen molar-refractivity contribution in [3.8, 4) is 5.75 Å². The van der Waals surface area contributed by atoms with Crippen LogP contribution in [0.4, 0.5) is 5.69 Å². The number of non-ortho nitro benzene ring substituents is 1. The van der Waals surface area contributed by atoms with Crippen LogP contribution >= 0.6 is 0 Å². The molecule has 2 N–H and O–H groups in total. The van der Waals surface area contributed by atoms with Gasteiger partial charge in [0.05, 0.1) is 17.1 Å². The number of nitro groups is 1. The first-order chi connectivity index (χ1) is 9.56. The summed E-state index contributed by atoms with van der Waals surface area (Å²) in [5, 5.41) is 22.7. The molecule has 0 saturated heterocycles. The van der Waals surface area contributed by atoms with Crippen molar-refractivity contribution in [3.63, 3.8) is 0 Å². The number of amides is 1. The molecule has 1 atom stereocenters. The van der Waals surface area contributed by atoms with Crippen LogP contribution < -0.4 is 10.1 Å². The minimum absolute atomic E-state index is 0.0907. The fourth-order valence-corrected chi connectivity index (χ4v) is 1.75. The zero-order chi connectivity index (χ0) is 14.5. The van der Waals surface area contributed by atoms with Crippen LogP contribution in [0.3, 0.4) is 0 Å². The van der Waals surface area contributed by atoms with Gasteiger partial charge in [0.15, 0.2) is 6.61 Å². The van der Waals surface area contributed by atoms with Gasteiger partial charge in [-0.1, -0.05) is 6.07 Å². The van der Waals surface area contributed by atoms with Gasteiger partial charge in [0.1, 0.15) is 5.75 Å². The lowest BCUT2D eigenvalue weighted by atomic mass is 10.2. The monoisotopic (exact) mass is 280 g/mol. The summed E-state index contributed by atoms with van der Waals surface area (Å²) >= 11 is 0. The molecular weight excluding hydrogens is 264 g/mol. The van der Waals surface area contributed by atoms with Crippen molar-refractivity contribution < 1.29 is 19.6 Å². The Morgan fingerprint density at radius 2 is 2.30 bits per heavy atom. The van der Waals surface area contributed by atoms with Crippen molar-refractivity contribution in [1.29, 1.82) is 0 Å². The standard InChI is InChI=1S/C13H16N2O5/c16-12(9-4-5-9)7-14-13(17)8-20-11-3-1-2-10(6-11)15(18)19/h1-3,6,9,12,16H,4-5,7-8H2,(H,14,17). The summed E-state index contributed by atoms with van der Waals surface area (Å²) in [5.41, 5.74) is -0.0907. The third kappa shape index (κ3) is 4.20. The topological polar surface area (TPSA) is 102 Å². The largest absolute Gasteiger partial charge is 0.484 e. The molecule has 0 bridgehead atoms. The highest BCUT2D eigenvalue weighted by Crippen LogP contribution is 2.32. The van der Waals surface area contributed by atoms with Gasteiger partial charge in [-0.05, 0) is 24.8 Å². The minimum Gasteiger partial charge on any atom is -0.484 e. The quantitative estimate of drug-likeness (QED) is 0.569. The molecule has 1 aromatic rings. The molecule has 20 heavy (non-hydrogen) atoms. The molecule has 1 aliphatic carbocycles. The number of ether oxygens (including phenoxy) is 1. The maximum Gasteiger partial charge on any atom is 0.273 e. The van der Waals surface area contributed by atoms with Crippen LogP contribution in [-0.2, 0) is 4.79 Å². The molecular formula is C13H16N2O5. The smallest absolute Gasteiger partial charge is 0.273 e. The van der Waals surface area contributed by atoms with E-state index in [0.29, 0.717) is 5.92 Å². The van der Waals surface area contributed by atoms with Crippen molar-refractivity contribution in [3.05, 3.63) is 34.4 Å². The van der Waals surface area contributed by atoms with Crippen LogP contribution in [0, 0.1) is 16.0 Å². The van der Waals surface area contributed by atoms with E-state index >= 15 is 0 Å². The molecule has 0 spiro atoms. The van der Waals surface area contributed by atoms with Gasteiger partial charge in [0.2, 0.25) is 0 Å². The molecule has 1 aromatic carbocycles. The molecule has 0 radical (unpaired) electrons. The molecule has 108 valence electrons. The maximum atomic E-state index is 11.5. The zero-order valence-electron chi connectivity index (χ0n) is 10.8. The molecule has 1 aliphatic rings. The second-order valence-electron chi connectivity index (χ2n) is 4.75. The number of benzene rings is 1. The molecule has 7 nitrogen and oxygen atoms in total. The normalized spacial score (nSPS) is 15.4. The van der Waals surface area contributed by atoms with Crippen LogP contribution in [-0.4, -0.2) is 35.2 Å². The number of carbonyl (C=O) groups excluding carboxylic acids is 1. The number of nitrogens with one attached hydrogen (secondary N) is 1. The second-order valence-corrected chi connectivity index (χ2v) is 4.75. The Bertz CT molecular complexity index is 501. The number of aliphatic hydroxyl groups excluding tert-OH is 1. The number of hydrogen-bond acceptors (Lipinski definition) is 5. The Kier molecular flexibility index (Phi) is 4.52. The van der Waals surface area contributed by atoms with E-state index in [0.717, 1.165) is 12.8 Å². The van der Waals surface area contributed by atoms with Gasteiger partial charge in [-0.2, -0.15) is 0 Å². The first-order valence-corrected chi connectivity index (χ1v) is 6.38. The van der Waals surface area contributed by atoms with Crippen molar-refractivity contribution in [2.45, 2.75) is 18.9 Å². The molecule has 2 rings (SSSR count). The third-order valence-electron chi connectivity index (χ3n) is 3.07. The average Bonchev–Trinajstić information content (AvgIpc) is 3.27. The second kappa shape index (κ2) is 6.33. The van der Waals surface area contributed by atoms with Crippen LogP contribution in [0.25, 0.3) is 0 Å². The van der Waals surface area contributed by atoms with E-state index in [4.69, 9.17) is 4.74 Å². The summed E-state index contributed by atoms with van der Waals surface area (Å²) in [5.74, 6) is 0.196. The first kappa shape index (κ1) is 14.3.